The molecule has 0 fully saturated rings. The van der Waals surface area contributed by atoms with Crippen LogP contribution in [0.2, 0.25) is 5.02 Å². The van der Waals surface area contributed by atoms with E-state index in [-0.39, 0.29) is 11.6 Å². The fraction of sp³-hybridized carbons (Fsp3) is 0.0968. The van der Waals surface area contributed by atoms with E-state index in [2.05, 4.69) is 10.1 Å². The average Bonchev–Trinajstić information content (AvgIpc) is 3.37. The Balaban J connectivity index is 1.37. The first-order valence-electron chi connectivity index (χ1n) is 12.1. The standard InChI is InChI=1S/C31H24ClN3O3/c1-20-11-16-27(21(2)17-20)35-30(25-9-6-10-26(32)18-25)33-29(34-35)31(37)38-19-28(36)24-14-12-23(13-15-24)22-7-4-3-5-8-22/h3-18H,19H2,1-2H3. The van der Waals surface area contributed by atoms with E-state index in [9.17, 15) is 9.59 Å². The molecule has 0 bridgehead atoms. The maximum absolute atomic E-state index is 12.9. The number of rotatable bonds is 7. The van der Waals surface area contributed by atoms with Gasteiger partial charge in [0.15, 0.2) is 18.2 Å². The van der Waals surface area contributed by atoms with Crippen LogP contribution in [0, 0.1) is 13.8 Å². The third-order valence-electron chi connectivity index (χ3n) is 6.10. The van der Waals surface area contributed by atoms with Gasteiger partial charge in [0.05, 0.1) is 5.69 Å². The lowest BCUT2D eigenvalue weighted by atomic mass is 10.0. The fourth-order valence-corrected chi connectivity index (χ4v) is 4.37. The van der Waals surface area contributed by atoms with Crippen LogP contribution < -0.4 is 0 Å². The molecular formula is C31H24ClN3O3. The highest BCUT2D eigenvalue weighted by atomic mass is 35.5. The van der Waals surface area contributed by atoms with E-state index in [1.807, 2.05) is 80.6 Å². The van der Waals surface area contributed by atoms with Gasteiger partial charge in [0.25, 0.3) is 5.82 Å². The number of hydrogen-bond acceptors (Lipinski definition) is 5. The van der Waals surface area contributed by atoms with Crippen LogP contribution in [0.4, 0.5) is 0 Å². The number of aromatic nitrogens is 3. The van der Waals surface area contributed by atoms with Crippen LogP contribution in [-0.2, 0) is 4.74 Å². The summed E-state index contributed by atoms with van der Waals surface area (Å²) >= 11 is 6.22. The lowest BCUT2D eigenvalue weighted by Gasteiger charge is -2.10. The summed E-state index contributed by atoms with van der Waals surface area (Å²) in [6.45, 7) is 3.55. The molecule has 5 aromatic rings. The van der Waals surface area contributed by atoms with E-state index < -0.39 is 12.6 Å². The number of hydrogen-bond donors (Lipinski definition) is 0. The molecule has 0 aliphatic carbocycles. The predicted molar refractivity (Wildman–Crippen MR) is 148 cm³/mol. The van der Waals surface area contributed by atoms with Crippen LogP contribution in [0.5, 0.6) is 0 Å². The van der Waals surface area contributed by atoms with Crippen molar-refractivity contribution in [1.29, 1.82) is 0 Å². The third-order valence-corrected chi connectivity index (χ3v) is 6.34. The first-order chi connectivity index (χ1) is 18.4. The Labute approximate surface area is 225 Å². The summed E-state index contributed by atoms with van der Waals surface area (Å²) in [5.41, 5.74) is 6.03. The topological polar surface area (TPSA) is 74.1 Å². The Bertz CT molecular complexity index is 1630. The van der Waals surface area contributed by atoms with Crippen molar-refractivity contribution in [3.8, 4) is 28.2 Å². The Morgan fingerprint density at radius 2 is 1.53 bits per heavy atom. The number of Topliss-reactive ketones (excluding diaryl/α,β-unsaturated/α-hetero) is 1. The van der Waals surface area contributed by atoms with Gasteiger partial charge in [0, 0.05) is 16.1 Å². The van der Waals surface area contributed by atoms with Gasteiger partial charge in [-0.2, -0.15) is 0 Å². The van der Waals surface area contributed by atoms with Gasteiger partial charge < -0.3 is 4.74 Å². The lowest BCUT2D eigenvalue weighted by Crippen LogP contribution is -2.15. The van der Waals surface area contributed by atoms with Crippen molar-refractivity contribution in [2.24, 2.45) is 0 Å². The quantitative estimate of drug-likeness (QED) is 0.172. The fourth-order valence-electron chi connectivity index (χ4n) is 4.18. The number of esters is 1. The molecular weight excluding hydrogens is 498 g/mol. The largest absolute Gasteiger partial charge is 0.451 e. The van der Waals surface area contributed by atoms with Crippen LogP contribution in [-0.4, -0.2) is 33.1 Å². The second kappa shape index (κ2) is 10.8. The van der Waals surface area contributed by atoms with Gasteiger partial charge in [-0.1, -0.05) is 96.0 Å². The SMILES string of the molecule is Cc1ccc(-n2nc(C(=O)OCC(=O)c3ccc(-c4ccccc4)cc3)nc2-c2cccc(Cl)c2)c(C)c1. The highest BCUT2D eigenvalue weighted by Gasteiger charge is 2.22. The molecule has 4 aromatic carbocycles. The molecule has 0 unspecified atom stereocenters. The van der Waals surface area contributed by atoms with Gasteiger partial charge in [0.2, 0.25) is 0 Å². The molecule has 0 aliphatic heterocycles. The molecule has 1 aromatic heterocycles. The zero-order valence-corrected chi connectivity index (χ0v) is 21.6. The smallest absolute Gasteiger partial charge is 0.378 e. The van der Waals surface area contributed by atoms with Crippen LogP contribution in [0.15, 0.2) is 97.1 Å². The molecule has 0 saturated carbocycles. The van der Waals surface area contributed by atoms with Crippen molar-refractivity contribution < 1.29 is 14.3 Å². The van der Waals surface area contributed by atoms with Gasteiger partial charge >= 0.3 is 5.97 Å². The highest BCUT2D eigenvalue weighted by molar-refractivity contribution is 6.30. The summed E-state index contributed by atoms with van der Waals surface area (Å²) in [7, 11) is 0. The van der Waals surface area contributed by atoms with E-state index in [0.717, 1.165) is 27.9 Å². The van der Waals surface area contributed by atoms with Crippen molar-refractivity contribution in [2.45, 2.75) is 13.8 Å². The van der Waals surface area contributed by atoms with Gasteiger partial charge in [-0.3, -0.25) is 4.79 Å². The van der Waals surface area contributed by atoms with Crippen LogP contribution in [0.3, 0.4) is 0 Å². The number of ether oxygens (including phenoxy) is 1. The summed E-state index contributed by atoms with van der Waals surface area (Å²) < 4.78 is 6.92. The highest BCUT2D eigenvalue weighted by Crippen LogP contribution is 2.26. The van der Waals surface area contributed by atoms with Crippen LogP contribution in [0.25, 0.3) is 28.2 Å². The van der Waals surface area contributed by atoms with Crippen molar-refractivity contribution in [3.63, 3.8) is 0 Å². The first-order valence-corrected chi connectivity index (χ1v) is 12.4. The van der Waals surface area contributed by atoms with Crippen molar-refractivity contribution >= 4 is 23.4 Å². The summed E-state index contributed by atoms with van der Waals surface area (Å²) in [5.74, 6) is -0.811. The molecule has 6 nitrogen and oxygen atoms in total. The Kier molecular flexibility index (Phi) is 7.15. The molecule has 7 heteroatoms. The second-order valence-electron chi connectivity index (χ2n) is 8.91. The van der Waals surface area contributed by atoms with Gasteiger partial charge in [-0.25, -0.2) is 14.5 Å². The number of ketones is 1. The minimum atomic E-state index is -0.786. The minimum Gasteiger partial charge on any atom is -0.451 e. The number of nitrogens with zero attached hydrogens (tertiary/aromatic N) is 3. The molecule has 0 spiro atoms. The van der Waals surface area contributed by atoms with Crippen molar-refractivity contribution in [2.75, 3.05) is 6.61 Å². The molecule has 0 saturated heterocycles. The molecule has 1 heterocycles. The second-order valence-corrected chi connectivity index (χ2v) is 9.35. The first kappa shape index (κ1) is 25.1. The van der Waals surface area contributed by atoms with E-state index in [1.54, 1.807) is 35.0 Å². The zero-order valence-electron chi connectivity index (χ0n) is 20.9. The minimum absolute atomic E-state index is 0.146. The van der Waals surface area contributed by atoms with Crippen LogP contribution in [0.1, 0.15) is 32.1 Å². The molecule has 0 amide bonds. The monoisotopic (exact) mass is 521 g/mol. The van der Waals surface area contributed by atoms with Crippen molar-refractivity contribution in [3.05, 3.63) is 125 Å². The van der Waals surface area contributed by atoms with Gasteiger partial charge in [-0.15, -0.1) is 5.10 Å². The number of benzene rings is 4. The van der Waals surface area contributed by atoms with Crippen LogP contribution >= 0.6 is 11.6 Å². The summed E-state index contributed by atoms with van der Waals surface area (Å²) in [6.07, 6.45) is 0. The molecule has 5 rings (SSSR count). The van der Waals surface area contributed by atoms with E-state index in [1.165, 1.54) is 0 Å². The Hall–Kier alpha value is -4.55. The molecule has 188 valence electrons. The number of halogens is 1. The Morgan fingerprint density at radius 3 is 2.24 bits per heavy atom. The van der Waals surface area contributed by atoms with Crippen molar-refractivity contribution in [1.82, 2.24) is 14.8 Å². The van der Waals surface area contributed by atoms with E-state index >= 15 is 0 Å². The number of carbonyl (C=O) groups is 2. The normalized spacial score (nSPS) is 10.8. The molecule has 0 aliphatic rings. The maximum atomic E-state index is 12.9. The summed E-state index contributed by atoms with van der Waals surface area (Å²) in [5, 5.41) is 4.98. The number of aryl methyl sites for hydroxylation is 2. The molecule has 0 N–H and O–H groups in total. The number of carbonyl (C=O) groups excluding carboxylic acids is 2. The summed E-state index contributed by atoms with van der Waals surface area (Å²) in [6, 6.07) is 30.1. The molecule has 0 atom stereocenters. The summed E-state index contributed by atoms with van der Waals surface area (Å²) in [4.78, 5) is 30.1. The molecule has 0 radical (unpaired) electrons. The average molecular weight is 522 g/mol. The van der Waals surface area contributed by atoms with E-state index in [0.29, 0.717) is 22.0 Å². The van der Waals surface area contributed by atoms with Gasteiger partial charge in [0.1, 0.15) is 0 Å². The predicted octanol–water partition coefficient (Wildman–Crippen LogP) is 6.91. The zero-order chi connectivity index (χ0) is 26.6. The van der Waals surface area contributed by atoms with Gasteiger partial charge in [-0.05, 0) is 48.7 Å². The maximum Gasteiger partial charge on any atom is 0.378 e. The lowest BCUT2D eigenvalue weighted by molar-refractivity contribution is 0.0462. The van der Waals surface area contributed by atoms with E-state index in [4.69, 9.17) is 16.3 Å². The third kappa shape index (κ3) is 5.41. The molecule has 38 heavy (non-hydrogen) atoms. The Morgan fingerprint density at radius 1 is 0.816 bits per heavy atom.